The van der Waals surface area contributed by atoms with Crippen molar-refractivity contribution in [1.82, 2.24) is 4.90 Å². The number of halogens is 1. The summed E-state index contributed by atoms with van der Waals surface area (Å²) in [6.07, 6.45) is 5.38. The van der Waals surface area contributed by atoms with Gasteiger partial charge in [-0.3, -0.25) is 25.4 Å². The lowest BCUT2D eigenvalue weighted by atomic mass is 9.97. The Morgan fingerprint density at radius 1 is 1.24 bits per heavy atom. The number of esters is 1. The first-order valence-electron chi connectivity index (χ1n) is 12.9. The van der Waals surface area contributed by atoms with Gasteiger partial charge in [0, 0.05) is 35.7 Å². The van der Waals surface area contributed by atoms with Gasteiger partial charge in [0.15, 0.2) is 0 Å². The highest BCUT2D eigenvalue weighted by molar-refractivity contribution is 6.31. The van der Waals surface area contributed by atoms with E-state index in [4.69, 9.17) is 36.6 Å². The summed E-state index contributed by atoms with van der Waals surface area (Å²) in [5.74, 6) is -0.153. The predicted octanol–water partition coefficient (Wildman–Crippen LogP) is 5.18. The van der Waals surface area contributed by atoms with Gasteiger partial charge < -0.3 is 19.3 Å². The summed E-state index contributed by atoms with van der Waals surface area (Å²) in [7, 11) is 0. The molecule has 206 valence electrons. The van der Waals surface area contributed by atoms with Crippen LogP contribution in [-0.2, 0) is 19.0 Å². The summed E-state index contributed by atoms with van der Waals surface area (Å²) in [6, 6.07) is 5.22. The molecule has 0 aliphatic carbocycles. The van der Waals surface area contributed by atoms with Gasteiger partial charge in [0.25, 0.3) is 0 Å². The maximum atomic E-state index is 12.2. The normalized spacial score (nSPS) is 21.4. The van der Waals surface area contributed by atoms with Crippen molar-refractivity contribution in [3.05, 3.63) is 64.4 Å². The molecule has 10 heteroatoms. The van der Waals surface area contributed by atoms with Crippen LogP contribution in [0.3, 0.4) is 0 Å². The number of anilines is 1. The third-order valence-electron chi connectivity index (χ3n) is 6.27. The van der Waals surface area contributed by atoms with Crippen molar-refractivity contribution < 1.29 is 24.1 Å². The highest BCUT2D eigenvalue weighted by Gasteiger charge is 2.37. The molecule has 2 heterocycles. The van der Waals surface area contributed by atoms with E-state index < -0.39 is 12.2 Å². The number of rotatable bonds is 9. The number of aliphatic hydroxyl groups is 1. The van der Waals surface area contributed by atoms with E-state index in [0.29, 0.717) is 54.7 Å². The minimum atomic E-state index is -0.862. The van der Waals surface area contributed by atoms with Crippen LogP contribution in [0.4, 0.5) is 5.69 Å². The van der Waals surface area contributed by atoms with E-state index in [1.807, 2.05) is 6.92 Å². The van der Waals surface area contributed by atoms with Gasteiger partial charge in [-0.25, -0.2) is 0 Å². The molecular weight excluding hydrogens is 508 g/mol. The third kappa shape index (κ3) is 7.32. The van der Waals surface area contributed by atoms with E-state index in [-0.39, 0.29) is 42.8 Å². The quantitative estimate of drug-likeness (QED) is 0.129. The third-order valence-corrected chi connectivity index (χ3v) is 6.51. The number of nitrogens with zero attached hydrogens (tertiary/aromatic N) is 2. The Kier molecular flexibility index (Phi) is 11.1. The second-order valence-electron chi connectivity index (χ2n) is 8.95. The van der Waals surface area contributed by atoms with Crippen LogP contribution in [-0.4, -0.2) is 73.2 Å². The molecule has 1 saturated heterocycles. The highest BCUT2D eigenvalue weighted by atomic mass is 35.5. The lowest BCUT2D eigenvalue weighted by Gasteiger charge is -2.32. The minimum absolute atomic E-state index is 0.00837. The number of nitrogens with one attached hydrogen (secondary N) is 2. The number of carbonyl (C=O) groups is 1. The molecule has 0 bridgehead atoms. The molecule has 38 heavy (non-hydrogen) atoms. The van der Waals surface area contributed by atoms with Gasteiger partial charge in [-0.05, 0) is 51.5 Å². The molecule has 3 rings (SSSR count). The molecule has 3 N–H and O–H groups in total. The standard InChI is InChI=1S/C28H37ClN4O5/c1-4-7-20(23(34)8-5-2)27-21-17-19(29)9-10-22(21)33(25(30)18-32-13-15-36-16-14-32)28(31)24(38-27)11-12-26(35)37-6-3/h4-5,7-10,17,24,27,30-31,34H,6,11-16,18H2,1-3H3/b7-4-,8-5-,23-20-,30-25?,31-28?. The van der Waals surface area contributed by atoms with Crippen molar-refractivity contribution in [1.29, 1.82) is 10.8 Å². The first-order chi connectivity index (χ1) is 18.3. The number of morpholine rings is 1. The molecule has 9 nitrogen and oxygen atoms in total. The van der Waals surface area contributed by atoms with Crippen LogP contribution in [0.2, 0.25) is 5.02 Å². The molecule has 0 spiro atoms. The average molecular weight is 545 g/mol. The van der Waals surface area contributed by atoms with E-state index in [9.17, 15) is 9.90 Å². The molecule has 2 atom stereocenters. The Hall–Kier alpha value is -2.98. The molecule has 0 amide bonds. The minimum Gasteiger partial charge on any atom is -0.508 e. The number of ether oxygens (including phenoxy) is 3. The molecule has 0 aromatic heterocycles. The number of allylic oxidation sites excluding steroid dienone is 3. The Morgan fingerprint density at radius 3 is 2.61 bits per heavy atom. The maximum absolute atomic E-state index is 12.2. The number of benzene rings is 1. The fourth-order valence-corrected chi connectivity index (χ4v) is 4.70. The SMILES string of the molecule is C\C=C/C(O)=C(\C=C/C)C1OC(CCC(=O)OCC)C(=N)N(C(=N)CN2CCOCC2)c2ccc(Cl)cc21. The number of hydrogen-bond acceptors (Lipinski definition) is 8. The van der Waals surface area contributed by atoms with Gasteiger partial charge in [0.2, 0.25) is 0 Å². The van der Waals surface area contributed by atoms with Crippen LogP contribution in [0.25, 0.3) is 0 Å². The molecule has 0 saturated carbocycles. The van der Waals surface area contributed by atoms with Gasteiger partial charge in [-0.1, -0.05) is 29.8 Å². The maximum Gasteiger partial charge on any atom is 0.305 e. The van der Waals surface area contributed by atoms with Crippen molar-refractivity contribution in [2.24, 2.45) is 0 Å². The first-order valence-corrected chi connectivity index (χ1v) is 13.2. The monoisotopic (exact) mass is 544 g/mol. The van der Waals surface area contributed by atoms with Crippen LogP contribution < -0.4 is 4.90 Å². The predicted molar refractivity (Wildman–Crippen MR) is 149 cm³/mol. The van der Waals surface area contributed by atoms with Crippen molar-refractivity contribution in [2.75, 3.05) is 44.4 Å². The average Bonchev–Trinajstić information content (AvgIpc) is 3.00. The number of aliphatic hydroxyl groups excluding tert-OH is 1. The summed E-state index contributed by atoms with van der Waals surface area (Å²) >= 11 is 6.44. The van der Waals surface area contributed by atoms with E-state index >= 15 is 0 Å². The van der Waals surface area contributed by atoms with E-state index in [0.717, 1.165) is 0 Å². The topological polar surface area (TPSA) is 119 Å². The molecule has 0 radical (unpaired) electrons. The smallest absolute Gasteiger partial charge is 0.305 e. The lowest BCUT2D eigenvalue weighted by molar-refractivity contribution is -0.143. The molecule has 1 aromatic carbocycles. The van der Waals surface area contributed by atoms with Crippen molar-refractivity contribution in [3.63, 3.8) is 0 Å². The Bertz CT molecular complexity index is 1110. The van der Waals surface area contributed by atoms with E-state index in [1.165, 1.54) is 0 Å². The van der Waals surface area contributed by atoms with Crippen LogP contribution in [0.1, 0.15) is 45.3 Å². The van der Waals surface area contributed by atoms with Gasteiger partial charge in [-0.2, -0.15) is 0 Å². The summed E-state index contributed by atoms with van der Waals surface area (Å²) in [5.41, 5.74) is 1.65. The summed E-state index contributed by atoms with van der Waals surface area (Å²) in [5, 5.41) is 29.6. The van der Waals surface area contributed by atoms with E-state index in [2.05, 4.69) is 4.90 Å². The second kappa shape index (κ2) is 14.2. The second-order valence-corrected chi connectivity index (χ2v) is 9.38. The number of fused-ring (bicyclic) bond motifs is 1. The number of hydrogen-bond donors (Lipinski definition) is 3. The Balaban J connectivity index is 2.12. The van der Waals surface area contributed by atoms with Crippen molar-refractivity contribution in [3.8, 4) is 0 Å². The Morgan fingerprint density at radius 2 is 1.95 bits per heavy atom. The molecular formula is C28H37ClN4O5. The zero-order chi connectivity index (χ0) is 27.7. The summed E-state index contributed by atoms with van der Waals surface area (Å²) < 4.78 is 17.1. The molecule has 2 unspecified atom stereocenters. The summed E-state index contributed by atoms with van der Waals surface area (Å²) in [6.45, 7) is 8.50. The molecule has 1 aromatic rings. The number of amidine groups is 2. The van der Waals surface area contributed by atoms with Gasteiger partial charge in [0.05, 0.1) is 32.1 Å². The van der Waals surface area contributed by atoms with Crippen LogP contribution in [0.5, 0.6) is 0 Å². The molecule has 1 fully saturated rings. The molecule has 2 aliphatic rings. The summed E-state index contributed by atoms with van der Waals surface area (Å²) in [4.78, 5) is 15.9. The van der Waals surface area contributed by atoms with Crippen LogP contribution in [0.15, 0.2) is 53.8 Å². The Labute approximate surface area is 229 Å². The van der Waals surface area contributed by atoms with Gasteiger partial charge >= 0.3 is 5.97 Å². The highest BCUT2D eigenvalue weighted by Crippen LogP contribution is 2.41. The van der Waals surface area contributed by atoms with Crippen molar-refractivity contribution in [2.45, 2.75) is 45.8 Å². The van der Waals surface area contributed by atoms with Crippen LogP contribution in [0, 0.1) is 10.8 Å². The lowest BCUT2D eigenvalue weighted by Crippen LogP contribution is -2.49. The van der Waals surface area contributed by atoms with Crippen LogP contribution >= 0.6 is 11.6 Å². The zero-order valence-electron chi connectivity index (χ0n) is 22.2. The fraction of sp³-hybridized carbons (Fsp3) is 0.464. The van der Waals surface area contributed by atoms with Gasteiger partial charge in [0.1, 0.15) is 29.6 Å². The zero-order valence-corrected chi connectivity index (χ0v) is 23.0. The van der Waals surface area contributed by atoms with E-state index in [1.54, 1.807) is 61.3 Å². The van der Waals surface area contributed by atoms with Crippen molar-refractivity contribution >= 4 is 34.9 Å². The first kappa shape index (κ1) is 29.6. The fourth-order valence-electron chi connectivity index (χ4n) is 4.52. The largest absolute Gasteiger partial charge is 0.508 e. The number of carbonyl (C=O) groups excluding carboxylic acids is 1. The molecule has 2 aliphatic heterocycles. The van der Waals surface area contributed by atoms with Gasteiger partial charge in [-0.15, -0.1) is 0 Å².